The van der Waals surface area contributed by atoms with Crippen LogP contribution in [0, 0.1) is 0 Å². The predicted octanol–water partition coefficient (Wildman–Crippen LogP) is 4.28. The van der Waals surface area contributed by atoms with Crippen LogP contribution >= 0.6 is 15.9 Å². The molecular formula is C21H17BrN2O4S. The first-order valence-electron chi connectivity index (χ1n) is 8.94. The molecule has 148 valence electrons. The maximum Gasteiger partial charge on any atom is 0.253 e. The smallest absolute Gasteiger partial charge is 0.253 e. The maximum atomic E-state index is 12.7. The Labute approximate surface area is 177 Å². The van der Waals surface area contributed by atoms with Gasteiger partial charge in [-0.1, -0.05) is 40.2 Å². The number of benzene rings is 2. The van der Waals surface area contributed by atoms with E-state index in [1.54, 1.807) is 36.4 Å². The van der Waals surface area contributed by atoms with Crippen LogP contribution in [0.15, 0.2) is 76.2 Å². The number of nitrogens with zero attached hydrogens (tertiary/aromatic N) is 1. The van der Waals surface area contributed by atoms with E-state index in [4.69, 9.17) is 4.74 Å². The molecule has 1 unspecified atom stereocenters. The number of hydrogen-bond acceptors (Lipinski definition) is 5. The lowest BCUT2D eigenvalue weighted by atomic mass is 10.0. The number of halogens is 1. The second-order valence-electron chi connectivity index (χ2n) is 6.62. The molecule has 0 bridgehead atoms. The Balaban J connectivity index is 1.48. The van der Waals surface area contributed by atoms with Crippen molar-refractivity contribution in [2.24, 2.45) is 0 Å². The number of rotatable bonds is 4. The summed E-state index contributed by atoms with van der Waals surface area (Å²) >= 11 is 3.38. The van der Waals surface area contributed by atoms with Gasteiger partial charge >= 0.3 is 0 Å². The van der Waals surface area contributed by atoms with E-state index in [9.17, 15) is 13.2 Å². The number of nitrogens with one attached hydrogen (secondary N) is 1. The Morgan fingerprint density at radius 2 is 1.93 bits per heavy atom. The average molecular weight is 473 g/mol. The summed E-state index contributed by atoms with van der Waals surface area (Å²) in [5.41, 5.74) is 0.993. The molecule has 0 saturated heterocycles. The normalized spacial score (nSPS) is 17.2. The lowest BCUT2D eigenvalue weighted by Crippen LogP contribution is -2.33. The lowest BCUT2D eigenvalue weighted by molar-refractivity contribution is 0.0934. The van der Waals surface area contributed by atoms with Crippen molar-refractivity contribution in [2.75, 3.05) is 5.75 Å². The number of amides is 1. The van der Waals surface area contributed by atoms with Gasteiger partial charge in [-0.15, -0.1) is 0 Å². The van der Waals surface area contributed by atoms with Gasteiger partial charge in [0, 0.05) is 16.7 Å². The molecule has 8 heteroatoms. The van der Waals surface area contributed by atoms with E-state index in [2.05, 4.69) is 26.2 Å². The van der Waals surface area contributed by atoms with Gasteiger partial charge in [0.1, 0.15) is 5.75 Å². The molecule has 0 saturated carbocycles. The summed E-state index contributed by atoms with van der Waals surface area (Å²) < 4.78 is 31.1. The second-order valence-corrected chi connectivity index (χ2v) is 9.61. The van der Waals surface area contributed by atoms with E-state index < -0.39 is 9.84 Å². The van der Waals surface area contributed by atoms with Gasteiger partial charge in [0.2, 0.25) is 5.88 Å². The highest BCUT2D eigenvalue weighted by atomic mass is 79.9. The molecule has 1 amide bonds. The second kappa shape index (κ2) is 7.96. The third kappa shape index (κ3) is 4.33. The standard InChI is InChI=1S/C21H17BrN2O4S/c22-15-4-3-5-16(12-15)28-20-9-8-14(13-23-20)21(25)24-18-10-11-29(26,27)19-7-2-1-6-17(18)19/h1-9,12-13,18H,10-11H2,(H,24,25). The number of ether oxygens (including phenoxy) is 1. The predicted molar refractivity (Wildman–Crippen MR) is 112 cm³/mol. The Bertz CT molecular complexity index is 1160. The van der Waals surface area contributed by atoms with Crippen LogP contribution in [-0.4, -0.2) is 25.1 Å². The van der Waals surface area contributed by atoms with Gasteiger partial charge in [0.15, 0.2) is 9.84 Å². The summed E-state index contributed by atoms with van der Waals surface area (Å²) in [6.45, 7) is 0. The van der Waals surface area contributed by atoms with Crippen molar-refractivity contribution in [1.82, 2.24) is 10.3 Å². The summed E-state index contributed by atoms with van der Waals surface area (Å²) in [7, 11) is -3.30. The fourth-order valence-electron chi connectivity index (χ4n) is 3.21. The van der Waals surface area contributed by atoms with Gasteiger partial charge in [0.25, 0.3) is 5.91 Å². The highest BCUT2D eigenvalue weighted by Crippen LogP contribution is 2.32. The quantitative estimate of drug-likeness (QED) is 0.612. The van der Waals surface area contributed by atoms with Gasteiger partial charge < -0.3 is 10.1 Å². The van der Waals surface area contributed by atoms with Crippen molar-refractivity contribution < 1.29 is 17.9 Å². The van der Waals surface area contributed by atoms with Crippen LogP contribution in [0.4, 0.5) is 0 Å². The monoisotopic (exact) mass is 472 g/mol. The summed E-state index contributed by atoms with van der Waals surface area (Å²) in [5.74, 6) is 0.690. The molecule has 0 radical (unpaired) electrons. The average Bonchev–Trinajstić information content (AvgIpc) is 2.71. The zero-order valence-corrected chi connectivity index (χ0v) is 17.6. The molecule has 0 spiro atoms. The van der Waals surface area contributed by atoms with Gasteiger partial charge in [-0.25, -0.2) is 13.4 Å². The Morgan fingerprint density at radius 1 is 1.10 bits per heavy atom. The van der Waals surface area contributed by atoms with Crippen molar-refractivity contribution in [3.63, 3.8) is 0 Å². The zero-order chi connectivity index (χ0) is 20.4. The fraction of sp³-hybridized carbons (Fsp3) is 0.143. The maximum absolute atomic E-state index is 12.7. The van der Waals surface area contributed by atoms with E-state index in [-0.39, 0.29) is 22.6 Å². The third-order valence-electron chi connectivity index (χ3n) is 4.63. The van der Waals surface area contributed by atoms with Crippen LogP contribution < -0.4 is 10.1 Å². The Hall–Kier alpha value is -2.71. The van der Waals surface area contributed by atoms with E-state index >= 15 is 0 Å². The SMILES string of the molecule is O=C(NC1CCS(=O)(=O)c2ccccc21)c1ccc(Oc2cccc(Br)c2)nc1. The van der Waals surface area contributed by atoms with E-state index in [1.807, 2.05) is 24.3 Å². The summed E-state index contributed by atoms with van der Waals surface area (Å²) in [5, 5.41) is 2.92. The van der Waals surface area contributed by atoms with Crippen LogP contribution in [0.25, 0.3) is 0 Å². The highest BCUT2D eigenvalue weighted by molar-refractivity contribution is 9.10. The first kappa shape index (κ1) is 19.6. The number of aromatic nitrogens is 1. The Morgan fingerprint density at radius 3 is 2.69 bits per heavy atom. The van der Waals surface area contributed by atoms with Gasteiger partial charge in [-0.05, 0) is 42.3 Å². The van der Waals surface area contributed by atoms with Crippen molar-refractivity contribution in [3.05, 3.63) is 82.5 Å². The minimum Gasteiger partial charge on any atom is -0.439 e. The molecule has 29 heavy (non-hydrogen) atoms. The van der Waals surface area contributed by atoms with Crippen molar-refractivity contribution in [1.29, 1.82) is 0 Å². The van der Waals surface area contributed by atoms with E-state index in [0.717, 1.165) is 4.47 Å². The fourth-order valence-corrected chi connectivity index (χ4v) is 5.21. The van der Waals surface area contributed by atoms with Gasteiger partial charge in [-0.3, -0.25) is 4.79 Å². The number of hydrogen-bond donors (Lipinski definition) is 1. The van der Waals surface area contributed by atoms with E-state index in [0.29, 0.717) is 29.2 Å². The molecule has 1 atom stereocenters. The van der Waals surface area contributed by atoms with Gasteiger partial charge in [0.05, 0.1) is 22.3 Å². The first-order chi connectivity index (χ1) is 13.9. The molecule has 0 fully saturated rings. The Kier molecular flexibility index (Phi) is 5.38. The number of carbonyl (C=O) groups is 1. The summed E-state index contributed by atoms with van der Waals surface area (Å²) in [6.07, 6.45) is 1.77. The topological polar surface area (TPSA) is 85.4 Å². The zero-order valence-electron chi connectivity index (χ0n) is 15.2. The molecule has 1 aliphatic heterocycles. The number of pyridine rings is 1. The molecule has 4 rings (SSSR count). The van der Waals surface area contributed by atoms with Crippen molar-refractivity contribution in [2.45, 2.75) is 17.4 Å². The lowest BCUT2D eigenvalue weighted by Gasteiger charge is -2.26. The first-order valence-corrected chi connectivity index (χ1v) is 11.4. The molecule has 1 aromatic heterocycles. The van der Waals surface area contributed by atoms with Crippen LogP contribution in [-0.2, 0) is 9.84 Å². The number of fused-ring (bicyclic) bond motifs is 1. The molecule has 3 aromatic rings. The summed E-state index contributed by atoms with van der Waals surface area (Å²) in [4.78, 5) is 17.1. The molecule has 1 aliphatic rings. The summed E-state index contributed by atoms with van der Waals surface area (Å²) in [6, 6.07) is 17.0. The molecule has 2 heterocycles. The van der Waals surface area contributed by atoms with Crippen LogP contribution in [0.3, 0.4) is 0 Å². The largest absolute Gasteiger partial charge is 0.439 e. The van der Waals surface area contributed by atoms with Crippen LogP contribution in [0.2, 0.25) is 0 Å². The number of sulfone groups is 1. The minimum absolute atomic E-state index is 0.00657. The van der Waals surface area contributed by atoms with Gasteiger partial charge in [-0.2, -0.15) is 0 Å². The molecular weight excluding hydrogens is 456 g/mol. The minimum atomic E-state index is -3.30. The molecule has 2 aromatic carbocycles. The van der Waals surface area contributed by atoms with Crippen LogP contribution in [0.5, 0.6) is 11.6 Å². The molecule has 0 aliphatic carbocycles. The number of carbonyl (C=O) groups excluding carboxylic acids is 1. The highest BCUT2D eigenvalue weighted by Gasteiger charge is 2.30. The van der Waals surface area contributed by atoms with Crippen molar-refractivity contribution in [3.8, 4) is 11.6 Å². The van der Waals surface area contributed by atoms with Crippen molar-refractivity contribution >= 4 is 31.7 Å². The molecule has 1 N–H and O–H groups in total. The third-order valence-corrected chi connectivity index (χ3v) is 6.94. The molecule has 6 nitrogen and oxygen atoms in total. The van der Waals surface area contributed by atoms with E-state index in [1.165, 1.54) is 6.20 Å². The van der Waals surface area contributed by atoms with Crippen LogP contribution in [0.1, 0.15) is 28.4 Å².